The van der Waals surface area contributed by atoms with E-state index in [2.05, 4.69) is 10.6 Å². The molecule has 3 atom stereocenters. The van der Waals surface area contributed by atoms with Crippen LogP contribution in [-0.4, -0.2) is 40.0 Å². The SMILES string of the molecule is CC1(C)[C@@H](C(=O)N[C@@H](Cc2ccc(NC(=O)c3c(Cl)cccc3Cl)cc2)C(=O)O)CC[C@@]1(C)/C=C/C(=O)O. The maximum Gasteiger partial charge on any atom is 0.327 e. The van der Waals surface area contributed by atoms with Gasteiger partial charge < -0.3 is 20.8 Å². The molecule has 1 fully saturated rings. The number of carbonyl (C=O) groups excluding carboxylic acids is 2. The Bertz CT molecular complexity index is 1250. The summed E-state index contributed by atoms with van der Waals surface area (Å²) in [5.41, 5.74) is 0.147. The molecule has 0 saturated heterocycles. The lowest BCUT2D eigenvalue weighted by Crippen LogP contribution is -2.48. The van der Waals surface area contributed by atoms with E-state index in [1.165, 1.54) is 0 Å². The van der Waals surface area contributed by atoms with Gasteiger partial charge in [0.1, 0.15) is 6.04 Å². The number of carboxylic acids is 2. The van der Waals surface area contributed by atoms with E-state index in [1.807, 2.05) is 20.8 Å². The van der Waals surface area contributed by atoms with Gasteiger partial charge in [0.25, 0.3) is 5.91 Å². The number of carboxylic acid groups (broad SMARTS) is 2. The minimum atomic E-state index is -1.17. The Kier molecular flexibility index (Phi) is 8.90. The van der Waals surface area contributed by atoms with Gasteiger partial charge in [-0.05, 0) is 53.5 Å². The molecule has 0 radical (unpaired) electrons. The molecule has 1 aliphatic rings. The summed E-state index contributed by atoms with van der Waals surface area (Å²) in [6.45, 7) is 5.71. The first-order valence-electron chi connectivity index (χ1n) is 12.0. The number of amides is 2. The van der Waals surface area contributed by atoms with Gasteiger partial charge in [0.15, 0.2) is 0 Å². The van der Waals surface area contributed by atoms with Gasteiger partial charge >= 0.3 is 11.9 Å². The van der Waals surface area contributed by atoms with Gasteiger partial charge in [-0.3, -0.25) is 9.59 Å². The highest BCUT2D eigenvalue weighted by molar-refractivity contribution is 6.40. The van der Waals surface area contributed by atoms with E-state index >= 15 is 0 Å². The summed E-state index contributed by atoms with van der Waals surface area (Å²) >= 11 is 12.2. The van der Waals surface area contributed by atoms with Crippen molar-refractivity contribution < 1.29 is 29.4 Å². The van der Waals surface area contributed by atoms with Crippen LogP contribution in [0.25, 0.3) is 0 Å². The molecule has 0 unspecified atom stereocenters. The summed E-state index contributed by atoms with van der Waals surface area (Å²) in [5.74, 6) is -3.57. The molecule has 0 spiro atoms. The van der Waals surface area contributed by atoms with Crippen molar-refractivity contribution in [1.29, 1.82) is 0 Å². The molecule has 1 aliphatic carbocycles. The number of aliphatic carboxylic acids is 2. The molecule has 0 aromatic heterocycles. The van der Waals surface area contributed by atoms with Crippen molar-refractivity contribution in [1.82, 2.24) is 5.32 Å². The predicted molar refractivity (Wildman–Crippen MR) is 146 cm³/mol. The lowest BCUT2D eigenvalue weighted by molar-refractivity contribution is -0.143. The molecule has 8 nitrogen and oxygen atoms in total. The Morgan fingerprint density at radius 3 is 2.18 bits per heavy atom. The standard InChI is InChI=1S/C28H30Cl2N2O6/c1-27(2)18(11-13-28(27,3)14-12-22(33)34)24(35)32-21(26(37)38)15-16-7-9-17(10-8-16)31-25(36)23-19(29)5-4-6-20(23)30/h4-10,12,14,18,21H,11,13,15H2,1-3H3,(H,31,36)(H,32,35)(H,33,34)(H,37,38)/b14-12+/t18-,21+,28+/m1/s1. The largest absolute Gasteiger partial charge is 0.480 e. The van der Waals surface area contributed by atoms with Crippen molar-refractivity contribution in [2.24, 2.45) is 16.7 Å². The third-order valence-corrected chi connectivity index (χ3v) is 8.29. The fraction of sp³-hybridized carbons (Fsp3) is 0.357. The van der Waals surface area contributed by atoms with E-state index in [4.69, 9.17) is 28.3 Å². The van der Waals surface area contributed by atoms with Crippen LogP contribution in [0, 0.1) is 16.7 Å². The summed E-state index contributed by atoms with van der Waals surface area (Å²) in [7, 11) is 0. The number of carbonyl (C=O) groups is 4. The molecular formula is C28H30Cl2N2O6. The molecule has 4 N–H and O–H groups in total. The second kappa shape index (κ2) is 11.6. The van der Waals surface area contributed by atoms with Gasteiger partial charge in [-0.1, -0.05) is 68.2 Å². The van der Waals surface area contributed by atoms with Gasteiger partial charge in [0.05, 0.1) is 15.6 Å². The Hall–Kier alpha value is -3.36. The van der Waals surface area contributed by atoms with Gasteiger partial charge in [0.2, 0.25) is 5.91 Å². The van der Waals surface area contributed by atoms with Crippen molar-refractivity contribution in [3.05, 3.63) is 75.8 Å². The van der Waals surface area contributed by atoms with Crippen LogP contribution in [0.15, 0.2) is 54.6 Å². The van der Waals surface area contributed by atoms with Crippen LogP contribution in [-0.2, 0) is 20.8 Å². The summed E-state index contributed by atoms with van der Waals surface area (Å²) in [6.07, 6.45) is 3.87. The molecule has 0 bridgehead atoms. The van der Waals surface area contributed by atoms with Crippen LogP contribution < -0.4 is 10.6 Å². The Labute approximate surface area is 231 Å². The molecular weight excluding hydrogens is 531 g/mol. The fourth-order valence-corrected chi connectivity index (χ4v) is 5.45. The minimum Gasteiger partial charge on any atom is -0.480 e. The first-order chi connectivity index (χ1) is 17.7. The number of hydrogen-bond acceptors (Lipinski definition) is 4. The molecule has 0 heterocycles. The Morgan fingerprint density at radius 2 is 1.63 bits per heavy atom. The molecule has 2 aromatic rings. The Balaban J connectivity index is 1.67. The smallest absolute Gasteiger partial charge is 0.327 e. The molecule has 10 heteroatoms. The third-order valence-electron chi connectivity index (χ3n) is 7.66. The molecule has 2 aromatic carbocycles. The highest BCUT2D eigenvalue weighted by Crippen LogP contribution is 2.56. The van der Waals surface area contributed by atoms with Crippen LogP contribution in [0.2, 0.25) is 10.0 Å². The second-order valence-corrected chi connectivity index (χ2v) is 11.1. The molecule has 0 aliphatic heterocycles. The topological polar surface area (TPSA) is 133 Å². The predicted octanol–water partition coefficient (Wildman–Crippen LogP) is 5.44. The summed E-state index contributed by atoms with van der Waals surface area (Å²) < 4.78 is 0. The second-order valence-electron chi connectivity index (χ2n) is 10.3. The van der Waals surface area contributed by atoms with E-state index in [-0.39, 0.29) is 27.9 Å². The number of anilines is 1. The quantitative estimate of drug-likeness (QED) is 0.302. The zero-order chi connectivity index (χ0) is 28.3. The van der Waals surface area contributed by atoms with Crippen molar-refractivity contribution in [2.75, 3.05) is 5.32 Å². The minimum absolute atomic E-state index is 0.0367. The number of allylic oxidation sites excluding steroid dienone is 1. The van der Waals surface area contributed by atoms with Crippen LogP contribution in [0.3, 0.4) is 0 Å². The van der Waals surface area contributed by atoms with Crippen molar-refractivity contribution in [3.63, 3.8) is 0 Å². The molecule has 2 amide bonds. The van der Waals surface area contributed by atoms with Crippen molar-refractivity contribution in [2.45, 2.75) is 46.1 Å². The summed E-state index contributed by atoms with van der Waals surface area (Å²) in [4.78, 5) is 48.8. The highest BCUT2D eigenvalue weighted by Gasteiger charge is 2.53. The van der Waals surface area contributed by atoms with E-state index in [0.717, 1.165) is 6.08 Å². The monoisotopic (exact) mass is 560 g/mol. The van der Waals surface area contributed by atoms with Gasteiger partial charge in [-0.2, -0.15) is 0 Å². The molecule has 3 rings (SSSR count). The summed E-state index contributed by atoms with van der Waals surface area (Å²) in [6, 6.07) is 10.2. The zero-order valence-corrected chi connectivity index (χ0v) is 22.8. The van der Waals surface area contributed by atoms with E-state index in [0.29, 0.717) is 24.1 Å². The first-order valence-corrected chi connectivity index (χ1v) is 12.8. The highest BCUT2D eigenvalue weighted by atomic mass is 35.5. The normalized spacial score (nSPS) is 21.1. The van der Waals surface area contributed by atoms with Crippen molar-refractivity contribution in [3.8, 4) is 0 Å². The maximum atomic E-state index is 13.2. The first kappa shape index (κ1) is 29.2. The molecule has 38 heavy (non-hydrogen) atoms. The molecule has 202 valence electrons. The van der Waals surface area contributed by atoms with Gasteiger partial charge in [0, 0.05) is 24.1 Å². The van der Waals surface area contributed by atoms with E-state index < -0.39 is 40.6 Å². The maximum absolute atomic E-state index is 13.2. The third kappa shape index (κ3) is 6.37. The zero-order valence-electron chi connectivity index (χ0n) is 21.3. The lowest BCUT2D eigenvalue weighted by Gasteiger charge is -2.39. The average Bonchev–Trinajstić information content (AvgIpc) is 3.07. The lowest BCUT2D eigenvalue weighted by atomic mass is 9.65. The number of halogens is 2. The van der Waals surface area contributed by atoms with E-state index in [1.54, 1.807) is 48.5 Å². The fourth-order valence-electron chi connectivity index (χ4n) is 4.88. The van der Waals surface area contributed by atoms with E-state index in [9.17, 15) is 24.3 Å². The average molecular weight is 561 g/mol. The van der Waals surface area contributed by atoms with Gasteiger partial charge in [-0.15, -0.1) is 0 Å². The van der Waals surface area contributed by atoms with Crippen LogP contribution >= 0.6 is 23.2 Å². The van der Waals surface area contributed by atoms with Crippen LogP contribution in [0.1, 0.15) is 49.5 Å². The number of benzene rings is 2. The van der Waals surface area contributed by atoms with Crippen LogP contribution in [0.5, 0.6) is 0 Å². The molecule has 1 saturated carbocycles. The van der Waals surface area contributed by atoms with Crippen molar-refractivity contribution >= 4 is 52.6 Å². The number of nitrogens with one attached hydrogen (secondary N) is 2. The Morgan fingerprint density at radius 1 is 1.03 bits per heavy atom. The summed E-state index contributed by atoms with van der Waals surface area (Å²) in [5, 5.41) is 24.6. The van der Waals surface area contributed by atoms with Crippen LogP contribution in [0.4, 0.5) is 5.69 Å². The number of hydrogen-bond donors (Lipinski definition) is 4. The number of rotatable bonds is 9. The van der Waals surface area contributed by atoms with Gasteiger partial charge in [-0.25, -0.2) is 9.59 Å².